The number of carboxylic acids is 2. The van der Waals surface area contributed by atoms with Crippen molar-refractivity contribution in [3.8, 4) is 0 Å². The van der Waals surface area contributed by atoms with Crippen LogP contribution >= 0.6 is 34.8 Å². The Morgan fingerprint density at radius 3 is 1.96 bits per heavy atom. The van der Waals surface area contributed by atoms with Crippen LogP contribution in [-0.4, -0.2) is 44.6 Å². The average Bonchev–Trinajstić information content (AvgIpc) is 2.55. The van der Waals surface area contributed by atoms with E-state index in [1.54, 1.807) is 0 Å². The molecular weight excluding hydrogens is 431 g/mol. The number of aromatic carboxylic acids is 2. The highest BCUT2D eigenvalue weighted by atomic mass is 35.5. The second-order valence-electron chi connectivity index (χ2n) is 5.08. The van der Waals surface area contributed by atoms with E-state index in [2.05, 4.69) is 15.3 Å². The Labute approximate surface area is 166 Å². The molecule has 2 heterocycles. The van der Waals surface area contributed by atoms with Gasteiger partial charge < -0.3 is 15.5 Å². The van der Waals surface area contributed by atoms with E-state index in [1.165, 1.54) is 18.5 Å². The minimum absolute atomic E-state index is 0.0538. The van der Waals surface area contributed by atoms with Crippen LogP contribution in [0.1, 0.15) is 27.6 Å². The van der Waals surface area contributed by atoms with Gasteiger partial charge in [0.1, 0.15) is 16.5 Å². The van der Waals surface area contributed by atoms with Crippen molar-refractivity contribution in [3.05, 3.63) is 50.9 Å². The first-order valence-corrected chi connectivity index (χ1v) is 8.09. The number of rotatable bonds is 5. The van der Waals surface area contributed by atoms with Crippen molar-refractivity contribution in [1.82, 2.24) is 9.97 Å². The highest BCUT2D eigenvalue weighted by Crippen LogP contribution is 2.20. The van der Waals surface area contributed by atoms with E-state index < -0.39 is 24.4 Å². The zero-order valence-electron chi connectivity index (χ0n) is 13.5. The summed E-state index contributed by atoms with van der Waals surface area (Å²) in [6.45, 7) is 0.0261. The summed E-state index contributed by atoms with van der Waals surface area (Å²) in [6.07, 6.45) is 2.47. The predicted octanol–water partition coefficient (Wildman–Crippen LogP) is 4.59. The van der Waals surface area contributed by atoms with E-state index in [0.717, 1.165) is 13.0 Å². The molecule has 0 spiro atoms. The molecule has 0 unspecified atom stereocenters. The van der Waals surface area contributed by atoms with Crippen molar-refractivity contribution >= 4 is 52.6 Å². The molecule has 0 saturated heterocycles. The smallest absolute Gasteiger partial charge is 0.339 e. The van der Waals surface area contributed by atoms with Crippen LogP contribution in [0.25, 0.3) is 0 Å². The molecule has 0 fully saturated rings. The average molecular weight is 443 g/mol. The van der Waals surface area contributed by atoms with Crippen LogP contribution in [0, 0.1) is 0 Å². The van der Waals surface area contributed by atoms with Gasteiger partial charge in [0.2, 0.25) is 0 Å². The number of carbonyl (C=O) groups is 2. The van der Waals surface area contributed by atoms with Gasteiger partial charge in [-0.2, -0.15) is 0 Å². The molecule has 0 atom stereocenters. The first kappa shape index (κ1) is 22.8. The van der Waals surface area contributed by atoms with E-state index in [9.17, 15) is 18.4 Å². The van der Waals surface area contributed by atoms with Gasteiger partial charge in [-0.1, -0.05) is 34.8 Å². The first-order valence-electron chi connectivity index (χ1n) is 6.95. The third kappa shape index (κ3) is 7.90. The van der Waals surface area contributed by atoms with Crippen LogP contribution in [0.3, 0.4) is 0 Å². The zero-order chi connectivity index (χ0) is 20.8. The van der Waals surface area contributed by atoms with Crippen molar-refractivity contribution in [2.24, 2.45) is 0 Å². The Morgan fingerprint density at radius 1 is 1.04 bits per heavy atom. The fourth-order valence-electron chi connectivity index (χ4n) is 1.55. The minimum atomic E-state index is -2.95. The highest BCUT2D eigenvalue weighted by molar-refractivity contribution is 6.34. The fourth-order valence-corrected chi connectivity index (χ4v) is 2.05. The van der Waals surface area contributed by atoms with Crippen LogP contribution in [0.5, 0.6) is 0 Å². The number of nitrogens with one attached hydrogen (secondary N) is 1. The number of nitrogens with zero attached hydrogens (tertiary/aromatic N) is 2. The summed E-state index contributed by atoms with van der Waals surface area (Å²) in [5.74, 6) is -5.49. The van der Waals surface area contributed by atoms with Crippen LogP contribution in [0.15, 0.2) is 24.5 Å². The van der Waals surface area contributed by atoms with Gasteiger partial charge in [-0.25, -0.2) is 28.3 Å². The Hall–Kier alpha value is -2.23. The summed E-state index contributed by atoms with van der Waals surface area (Å²) in [5, 5.41) is 19.9. The molecule has 0 aromatic carbocycles. The minimum Gasteiger partial charge on any atom is -0.478 e. The second-order valence-corrected chi connectivity index (χ2v) is 6.31. The summed E-state index contributed by atoms with van der Waals surface area (Å²) in [6, 6.07) is 2.40. The molecule has 0 saturated carbocycles. The maximum atomic E-state index is 12.6. The van der Waals surface area contributed by atoms with Crippen LogP contribution < -0.4 is 5.32 Å². The van der Waals surface area contributed by atoms with Gasteiger partial charge in [0.05, 0.1) is 22.2 Å². The van der Waals surface area contributed by atoms with Crippen molar-refractivity contribution in [2.45, 2.75) is 12.8 Å². The Kier molecular flexibility index (Phi) is 8.14. The topological polar surface area (TPSA) is 112 Å². The highest BCUT2D eigenvalue weighted by Gasteiger charge is 2.22. The molecule has 0 aliphatic heterocycles. The van der Waals surface area contributed by atoms with Crippen LogP contribution in [0.4, 0.5) is 14.6 Å². The predicted molar refractivity (Wildman–Crippen MR) is 96.5 cm³/mol. The monoisotopic (exact) mass is 441 g/mol. The van der Waals surface area contributed by atoms with Gasteiger partial charge in [0, 0.05) is 19.3 Å². The molecule has 3 N–H and O–H groups in total. The zero-order valence-corrected chi connectivity index (χ0v) is 15.8. The van der Waals surface area contributed by atoms with Crippen LogP contribution in [-0.2, 0) is 0 Å². The summed E-state index contributed by atoms with van der Waals surface area (Å²) < 4.78 is 25.1. The van der Waals surface area contributed by atoms with Gasteiger partial charge >= 0.3 is 11.9 Å². The molecule has 2 aromatic rings. The molecule has 27 heavy (non-hydrogen) atoms. The molecule has 2 aromatic heterocycles. The van der Waals surface area contributed by atoms with E-state index in [-0.39, 0.29) is 32.1 Å². The second kappa shape index (κ2) is 9.63. The summed E-state index contributed by atoms with van der Waals surface area (Å²) in [4.78, 5) is 28.4. The molecule has 0 amide bonds. The Balaban J connectivity index is 0.000000289. The quantitative estimate of drug-likeness (QED) is 0.581. The van der Waals surface area contributed by atoms with Crippen LogP contribution in [0.2, 0.25) is 15.2 Å². The van der Waals surface area contributed by atoms with Gasteiger partial charge in [-0.15, -0.1) is 0 Å². The molecule has 0 bridgehead atoms. The number of aromatic nitrogens is 2. The number of carboxylic acid groups (broad SMARTS) is 2. The number of anilines is 1. The number of alkyl halides is 2. The van der Waals surface area contributed by atoms with Gasteiger partial charge in [0.15, 0.2) is 0 Å². The molecule has 146 valence electrons. The molecule has 12 heteroatoms. The van der Waals surface area contributed by atoms with E-state index in [0.29, 0.717) is 0 Å². The largest absolute Gasteiger partial charge is 0.478 e. The normalized spacial score (nSPS) is 10.6. The SMILES string of the molecule is CC(F)(F)CNc1ncc(Cl)cc1C(=O)O.O=C(O)c1cc(Cl)cnc1Cl. The maximum Gasteiger partial charge on any atom is 0.339 e. The van der Waals surface area contributed by atoms with Gasteiger partial charge in [-0.3, -0.25) is 0 Å². The number of hydrogen-bond donors (Lipinski definition) is 3. The third-order valence-electron chi connectivity index (χ3n) is 2.69. The van der Waals surface area contributed by atoms with E-state index >= 15 is 0 Å². The standard InChI is InChI=1S/C9H9ClF2N2O2.C6H3Cl2NO2/c1-9(11,12)4-14-7-6(8(15)16)2-5(10)3-13-7;7-3-1-4(6(10)11)5(8)9-2-3/h2-3H,4H2,1H3,(H,13,14)(H,15,16);1-2H,(H,10,11). The third-order valence-corrected chi connectivity index (χ3v) is 3.40. The van der Waals surface area contributed by atoms with Crippen molar-refractivity contribution in [3.63, 3.8) is 0 Å². The molecular formula is C15H12Cl3F2N3O4. The van der Waals surface area contributed by atoms with E-state index in [4.69, 9.17) is 45.0 Å². The van der Waals surface area contributed by atoms with Crippen molar-refractivity contribution in [2.75, 3.05) is 11.9 Å². The summed E-state index contributed by atoms with van der Waals surface area (Å²) in [7, 11) is 0. The molecule has 0 aliphatic rings. The Bertz CT molecular complexity index is 848. The van der Waals surface area contributed by atoms with Gasteiger partial charge in [0.25, 0.3) is 5.92 Å². The number of halogens is 5. The molecule has 0 radical (unpaired) electrons. The number of pyridine rings is 2. The molecule has 2 rings (SSSR count). The van der Waals surface area contributed by atoms with Crippen molar-refractivity contribution in [1.29, 1.82) is 0 Å². The summed E-state index contributed by atoms with van der Waals surface area (Å²) in [5.41, 5.74) is -0.323. The Morgan fingerprint density at radius 2 is 1.52 bits per heavy atom. The lowest BCUT2D eigenvalue weighted by Gasteiger charge is -2.13. The van der Waals surface area contributed by atoms with Gasteiger partial charge in [-0.05, 0) is 12.1 Å². The summed E-state index contributed by atoms with van der Waals surface area (Å²) >= 11 is 16.5. The maximum absolute atomic E-state index is 12.6. The van der Waals surface area contributed by atoms with Crippen molar-refractivity contribution < 1.29 is 28.6 Å². The first-order chi connectivity index (χ1) is 12.4. The number of hydrogen-bond acceptors (Lipinski definition) is 5. The lowest BCUT2D eigenvalue weighted by molar-refractivity contribution is 0.0365. The lowest BCUT2D eigenvalue weighted by Crippen LogP contribution is -2.24. The van der Waals surface area contributed by atoms with E-state index in [1.807, 2.05) is 0 Å². The lowest BCUT2D eigenvalue weighted by atomic mass is 10.2. The molecule has 0 aliphatic carbocycles. The molecule has 7 nitrogen and oxygen atoms in total. The fraction of sp³-hybridized carbons (Fsp3) is 0.200.